The highest BCUT2D eigenvalue weighted by molar-refractivity contribution is 6.30. The lowest BCUT2D eigenvalue weighted by atomic mass is 9.95. The smallest absolute Gasteiger partial charge is 0.225 e. The minimum absolute atomic E-state index is 0.0309. The SMILES string of the molecule is CCCCCNC(=O)C1CCN(C(=O)CCOc2cccc(Cl)c2)CC1. The number of ether oxygens (including phenoxy) is 1. The van der Waals surface area contributed by atoms with Gasteiger partial charge >= 0.3 is 0 Å². The van der Waals surface area contributed by atoms with Crippen molar-refractivity contribution in [1.29, 1.82) is 0 Å². The number of carbonyl (C=O) groups is 2. The molecular formula is C20H29ClN2O3. The number of hydrogen-bond donors (Lipinski definition) is 1. The van der Waals surface area contributed by atoms with Crippen LogP contribution in [0.4, 0.5) is 0 Å². The third-order valence-corrected chi connectivity index (χ3v) is 4.91. The summed E-state index contributed by atoms with van der Waals surface area (Å²) in [6.07, 6.45) is 5.13. The molecule has 0 unspecified atom stereocenters. The molecule has 1 fully saturated rings. The maximum Gasteiger partial charge on any atom is 0.225 e. The fraction of sp³-hybridized carbons (Fsp3) is 0.600. The van der Waals surface area contributed by atoms with Crippen molar-refractivity contribution in [2.45, 2.75) is 45.4 Å². The predicted octanol–water partition coefficient (Wildman–Crippen LogP) is 3.65. The van der Waals surface area contributed by atoms with Gasteiger partial charge in [0.25, 0.3) is 0 Å². The summed E-state index contributed by atoms with van der Waals surface area (Å²) in [6.45, 7) is 4.52. The van der Waals surface area contributed by atoms with Gasteiger partial charge in [-0.25, -0.2) is 0 Å². The van der Waals surface area contributed by atoms with E-state index in [0.717, 1.165) is 38.6 Å². The molecule has 0 aromatic heterocycles. The molecule has 0 atom stereocenters. The van der Waals surface area contributed by atoms with E-state index < -0.39 is 0 Å². The Morgan fingerprint density at radius 3 is 2.73 bits per heavy atom. The van der Waals surface area contributed by atoms with Crippen LogP contribution in [-0.4, -0.2) is 43.0 Å². The van der Waals surface area contributed by atoms with E-state index in [1.807, 2.05) is 17.0 Å². The van der Waals surface area contributed by atoms with Crippen LogP contribution in [0.25, 0.3) is 0 Å². The molecule has 1 aromatic carbocycles. The van der Waals surface area contributed by atoms with Gasteiger partial charge in [-0.15, -0.1) is 0 Å². The molecule has 0 bridgehead atoms. The molecule has 1 aromatic rings. The van der Waals surface area contributed by atoms with E-state index in [1.54, 1.807) is 12.1 Å². The van der Waals surface area contributed by atoms with E-state index in [2.05, 4.69) is 12.2 Å². The Balaban J connectivity index is 1.63. The number of carbonyl (C=O) groups excluding carboxylic acids is 2. The van der Waals surface area contributed by atoms with Gasteiger partial charge in [-0.3, -0.25) is 9.59 Å². The van der Waals surface area contributed by atoms with Crippen molar-refractivity contribution in [1.82, 2.24) is 10.2 Å². The van der Waals surface area contributed by atoms with Gasteiger partial charge in [-0.2, -0.15) is 0 Å². The highest BCUT2D eigenvalue weighted by Gasteiger charge is 2.26. The lowest BCUT2D eigenvalue weighted by Gasteiger charge is -2.31. The molecule has 1 aliphatic heterocycles. The Hall–Kier alpha value is -1.75. The van der Waals surface area contributed by atoms with Crippen molar-refractivity contribution in [2.24, 2.45) is 5.92 Å². The van der Waals surface area contributed by atoms with E-state index >= 15 is 0 Å². The lowest BCUT2D eigenvalue weighted by Crippen LogP contribution is -2.43. The zero-order valence-corrected chi connectivity index (χ0v) is 16.3. The molecule has 144 valence electrons. The summed E-state index contributed by atoms with van der Waals surface area (Å²) in [7, 11) is 0. The molecule has 5 nitrogen and oxygen atoms in total. The second-order valence-corrected chi connectivity index (χ2v) is 7.15. The van der Waals surface area contributed by atoms with E-state index in [0.29, 0.717) is 36.9 Å². The normalized spacial score (nSPS) is 14.9. The summed E-state index contributed by atoms with van der Waals surface area (Å²) >= 11 is 5.91. The Bertz CT molecular complexity index is 586. The van der Waals surface area contributed by atoms with Gasteiger partial charge in [-0.1, -0.05) is 37.4 Å². The zero-order valence-electron chi connectivity index (χ0n) is 15.5. The highest BCUT2D eigenvalue weighted by Crippen LogP contribution is 2.19. The van der Waals surface area contributed by atoms with E-state index in [9.17, 15) is 9.59 Å². The van der Waals surface area contributed by atoms with Crippen LogP contribution in [0.3, 0.4) is 0 Å². The second-order valence-electron chi connectivity index (χ2n) is 6.71. The largest absolute Gasteiger partial charge is 0.493 e. The number of unbranched alkanes of at least 4 members (excludes halogenated alkanes) is 2. The number of halogens is 1. The third-order valence-electron chi connectivity index (χ3n) is 4.68. The molecule has 26 heavy (non-hydrogen) atoms. The quantitative estimate of drug-likeness (QED) is 0.665. The first-order valence-corrected chi connectivity index (χ1v) is 9.91. The van der Waals surface area contributed by atoms with Crippen molar-refractivity contribution in [3.05, 3.63) is 29.3 Å². The maximum atomic E-state index is 12.3. The molecule has 1 saturated heterocycles. The average molecular weight is 381 g/mol. The van der Waals surface area contributed by atoms with Gasteiger partial charge < -0.3 is 15.0 Å². The van der Waals surface area contributed by atoms with Crippen molar-refractivity contribution in [3.63, 3.8) is 0 Å². The number of hydrogen-bond acceptors (Lipinski definition) is 3. The molecule has 2 rings (SSSR count). The summed E-state index contributed by atoms with van der Waals surface area (Å²) in [6, 6.07) is 7.15. The number of nitrogens with zero attached hydrogens (tertiary/aromatic N) is 1. The van der Waals surface area contributed by atoms with Gasteiger partial charge in [0.15, 0.2) is 0 Å². The van der Waals surface area contributed by atoms with Crippen LogP contribution in [0, 0.1) is 5.92 Å². The Labute approximate surface area is 161 Å². The van der Waals surface area contributed by atoms with Crippen molar-refractivity contribution in [3.8, 4) is 5.75 Å². The average Bonchev–Trinajstić information content (AvgIpc) is 2.65. The van der Waals surface area contributed by atoms with Crippen LogP contribution in [0.2, 0.25) is 5.02 Å². The third kappa shape index (κ3) is 6.87. The Morgan fingerprint density at radius 2 is 2.04 bits per heavy atom. The number of piperidine rings is 1. The van der Waals surface area contributed by atoms with Crippen LogP contribution in [0.5, 0.6) is 5.75 Å². The number of nitrogens with one attached hydrogen (secondary N) is 1. The van der Waals surface area contributed by atoms with Crippen LogP contribution < -0.4 is 10.1 Å². The minimum atomic E-state index is 0.0309. The monoisotopic (exact) mass is 380 g/mol. The fourth-order valence-electron chi connectivity index (χ4n) is 3.09. The van der Waals surface area contributed by atoms with Crippen LogP contribution in [-0.2, 0) is 9.59 Å². The van der Waals surface area contributed by atoms with E-state index in [4.69, 9.17) is 16.3 Å². The lowest BCUT2D eigenvalue weighted by molar-refractivity contribution is -0.136. The molecule has 0 saturated carbocycles. The van der Waals surface area contributed by atoms with Gasteiger partial charge in [-0.05, 0) is 37.5 Å². The Kier molecular flexibility index (Phi) is 8.75. The summed E-state index contributed by atoms with van der Waals surface area (Å²) in [5.41, 5.74) is 0. The number of likely N-dealkylation sites (tertiary alicyclic amines) is 1. The zero-order chi connectivity index (χ0) is 18.8. The first kappa shape index (κ1) is 20.6. The molecule has 0 radical (unpaired) electrons. The van der Waals surface area contributed by atoms with Crippen molar-refractivity contribution in [2.75, 3.05) is 26.2 Å². The molecule has 6 heteroatoms. The molecular weight excluding hydrogens is 352 g/mol. The Morgan fingerprint density at radius 1 is 1.27 bits per heavy atom. The van der Waals surface area contributed by atoms with Gasteiger partial charge in [0.05, 0.1) is 13.0 Å². The summed E-state index contributed by atoms with van der Waals surface area (Å²) in [5.74, 6) is 0.915. The van der Waals surface area contributed by atoms with Crippen LogP contribution >= 0.6 is 11.6 Å². The van der Waals surface area contributed by atoms with Crippen molar-refractivity contribution < 1.29 is 14.3 Å². The minimum Gasteiger partial charge on any atom is -0.493 e. The summed E-state index contributed by atoms with van der Waals surface area (Å²) in [5, 5.41) is 3.63. The predicted molar refractivity (Wildman–Crippen MR) is 103 cm³/mol. The van der Waals surface area contributed by atoms with E-state index in [-0.39, 0.29) is 17.7 Å². The maximum absolute atomic E-state index is 12.3. The van der Waals surface area contributed by atoms with Gasteiger partial charge in [0, 0.05) is 30.6 Å². The van der Waals surface area contributed by atoms with Crippen LogP contribution in [0.15, 0.2) is 24.3 Å². The van der Waals surface area contributed by atoms with Gasteiger partial charge in [0.2, 0.25) is 11.8 Å². The number of benzene rings is 1. The molecule has 1 N–H and O–H groups in total. The molecule has 0 aliphatic carbocycles. The van der Waals surface area contributed by atoms with Crippen molar-refractivity contribution >= 4 is 23.4 Å². The van der Waals surface area contributed by atoms with E-state index in [1.165, 1.54) is 0 Å². The first-order chi connectivity index (χ1) is 12.6. The molecule has 2 amide bonds. The highest BCUT2D eigenvalue weighted by atomic mass is 35.5. The topological polar surface area (TPSA) is 58.6 Å². The van der Waals surface area contributed by atoms with Gasteiger partial charge in [0.1, 0.15) is 5.75 Å². The first-order valence-electron chi connectivity index (χ1n) is 9.54. The molecule has 1 aliphatic rings. The summed E-state index contributed by atoms with van der Waals surface area (Å²) < 4.78 is 5.58. The number of rotatable bonds is 9. The number of amides is 2. The second kappa shape index (κ2) is 11.1. The fourth-order valence-corrected chi connectivity index (χ4v) is 3.27. The summed E-state index contributed by atoms with van der Waals surface area (Å²) in [4.78, 5) is 26.3. The molecule has 0 spiro atoms. The molecule has 1 heterocycles. The standard InChI is InChI=1S/C20H29ClN2O3/c1-2-3-4-11-22-20(25)16-8-12-23(13-9-16)19(24)10-14-26-18-7-5-6-17(21)15-18/h5-7,15-16H,2-4,8-14H2,1H3,(H,22,25). The van der Waals surface area contributed by atoms with Crippen LogP contribution in [0.1, 0.15) is 45.4 Å².